The van der Waals surface area contributed by atoms with E-state index in [1.807, 2.05) is 6.07 Å². The van der Waals surface area contributed by atoms with E-state index in [-0.39, 0.29) is 46.0 Å². The number of para-hydroxylation sites is 2. The molecule has 0 spiro atoms. The van der Waals surface area contributed by atoms with E-state index < -0.39 is 12.8 Å². The molecule has 2 aliphatic heterocycles. The van der Waals surface area contributed by atoms with Crippen LogP contribution < -0.4 is 26.2 Å². The smallest absolute Gasteiger partial charge is 0.252 e. The van der Waals surface area contributed by atoms with E-state index in [0.29, 0.717) is 5.56 Å². The zero-order chi connectivity index (χ0) is 77.0. The first-order valence-electron chi connectivity index (χ1n) is 39.9. The maximum atomic E-state index is 9.74. The third kappa shape index (κ3) is 11.0. The van der Waals surface area contributed by atoms with Crippen molar-refractivity contribution < 1.29 is 6.85 Å². The van der Waals surface area contributed by atoms with Gasteiger partial charge in [0.1, 0.15) is 0 Å². The Kier molecular flexibility index (Phi) is 14.1. The van der Waals surface area contributed by atoms with Crippen molar-refractivity contribution in [2.75, 3.05) is 9.80 Å². The molecule has 0 aliphatic carbocycles. The molecule has 0 radical (unpaired) electrons. The molecular formula is C102H83BN4. The van der Waals surface area contributed by atoms with Crippen molar-refractivity contribution in [3.63, 3.8) is 0 Å². The molecule has 4 nitrogen and oxygen atoms in total. The highest BCUT2D eigenvalue weighted by atomic mass is 15.2. The molecule has 4 heterocycles. The van der Waals surface area contributed by atoms with Crippen LogP contribution in [-0.4, -0.2) is 15.8 Å². The number of hydrogen-bond donors (Lipinski definition) is 0. The van der Waals surface area contributed by atoms with Gasteiger partial charge in [-0.3, -0.25) is 0 Å². The molecule has 0 amide bonds. The van der Waals surface area contributed by atoms with E-state index >= 15 is 0 Å². The minimum absolute atomic E-state index is 0.109. The minimum atomic E-state index is -0.461. The first-order chi connectivity index (χ1) is 54.0. The van der Waals surface area contributed by atoms with E-state index in [0.717, 1.165) is 156 Å². The average molecular weight is 1380 g/mol. The van der Waals surface area contributed by atoms with Crippen LogP contribution in [0.15, 0.2) is 340 Å². The fourth-order valence-electron chi connectivity index (χ4n) is 17.0. The van der Waals surface area contributed by atoms with Crippen LogP contribution in [0.4, 0.5) is 34.1 Å². The summed E-state index contributed by atoms with van der Waals surface area (Å²) in [5.74, 6) is 0. The van der Waals surface area contributed by atoms with Crippen LogP contribution in [-0.2, 0) is 16.2 Å². The monoisotopic (exact) mass is 1380 g/mol. The molecule has 2 aliphatic rings. The molecular weight excluding hydrogens is 1290 g/mol. The molecule has 5 heteroatoms. The average Bonchev–Trinajstić information content (AvgIpc) is 0.739. The Hall–Kier alpha value is -12.4. The number of hydrogen-bond acceptors (Lipinski definition) is 2. The summed E-state index contributed by atoms with van der Waals surface area (Å²) in [5.41, 5.74) is 29.4. The van der Waals surface area contributed by atoms with Crippen molar-refractivity contribution >= 4 is 101 Å². The quantitative estimate of drug-likeness (QED) is 0.127. The van der Waals surface area contributed by atoms with Crippen molar-refractivity contribution in [3.8, 4) is 78.1 Å². The van der Waals surface area contributed by atoms with Gasteiger partial charge < -0.3 is 18.9 Å². The molecule has 0 atom stereocenters. The fourth-order valence-corrected chi connectivity index (χ4v) is 17.0. The van der Waals surface area contributed by atoms with Crippen LogP contribution in [0.2, 0.25) is 0 Å². The van der Waals surface area contributed by atoms with Gasteiger partial charge in [0.2, 0.25) is 0 Å². The topological polar surface area (TPSA) is 16.3 Å². The van der Waals surface area contributed by atoms with Gasteiger partial charge in [-0.25, -0.2) is 0 Å². The van der Waals surface area contributed by atoms with Gasteiger partial charge in [-0.05, 0) is 214 Å². The van der Waals surface area contributed by atoms with E-state index in [2.05, 4.69) is 385 Å². The van der Waals surface area contributed by atoms with Crippen LogP contribution in [0.25, 0.3) is 122 Å². The Labute approximate surface area is 635 Å². The molecule has 0 bridgehead atoms. The Balaban J connectivity index is 1.01. The fraction of sp³-hybridized carbons (Fsp3) is 0.118. The van der Waals surface area contributed by atoms with Gasteiger partial charge >= 0.3 is 0 Å². The highest BCUT2D eigenvalue weighted by Gasteiger charge is 2.46. The second-order valence-corrected chi connectivity index (χ2v) is 32.1. The lowest BCUT2D eigenvalue weighted by Gasteiger charge is -2.45. The summed E-state index contributed by atoms with van der Waals surface area (Å²) in [6.45, 7) is 20.2. The predicted molar refractivity (Wildman–Crippen MR) is 458 cm³/mol. The number of nitrogens with zero attached hydrogens (tertiary/aromatic N) is 4. The zero-order valence-corrected chi connectivity index (χ0v) is 61.8. The predicted octanol–water partition coefficient (Wildman–Crippen LogP) is 25.9. The molecule has 107 heavy (non-hydrogen) atoms. The van der Waals surface area contributed by atoms with Crippen LogP contribution in [0.3, 0.4) is 0 Å². The molecule has 514 valence electrons. The lowest BCUT2D eigenvalue weighted by atomic mass is 9.33. The highest BCUT2D eigenvalue weighted by Crippen LogP contribution is 2.55. The summed E-state index contributed by atoms with van der Waals surface area (Å²) in [4.78, 5) is 5.08. The van der Waals surface area contributed by atoms with Crippen molar-refractivity contribution in [2.45, 2.75) is 78.6 Å². The molecule has 0 fully saturated rings. The third-order valence-corrected chi connectivity index (χ3v) is 22.4. The molecule has 0 saturated heterocycles. The van der Waals surface area contributed by atoms with Crippen molar-refractivity contribution in [3.05, 3.63) is 356 Å². The van der Waals surface area contributed by atoms with Gasteiger partial charge in [-0.2, -0.15) is 0 Å². The van der Waals surface area contributed by atoms with Crippen molar-refractivity contribution in [1.29, 1.82) is 0 Å². The van der Waals surface area contributed by atoms with Crippen LogP contribution >= 0.6 is 0 Å². The van der Waals surface area contributed by atoms with Gasteiger partial charge in [0.25, 0.3) is 6.71 Å². The summed E-state index contributed by atoms with van der Waals surface area (Å²) in [5, 5.41) is 4.63. The number of aromatic nitrogens is 2. The second-order valence-electron chi connectivity index (χ2n) is 32.1. The first kappa shape index (κ1) is 59.9. The Morgan fingerprint density at radius 2 is 0.738 bits per heavy atom. The lowest BCUT2D eigenvalue weighted by molar-refractivity contribution is 0.590. The van der Waals surface area contributed by atoms with Gasteiger partial charge in [0.15, 0.2) is 0 Å². The molecule has 15 aromatic carbocycles. The van der Waals surface area contributed by atoms with Gasteiger partial charge in [0, 0.05) is 72.5 Å². The van der Waals surface area contributed by atoms with E-state index in [1.54, 1.807) is 0 Å². The van der Waals surface area contributed by atoms with Crippen molar-refractivity contribution in [2.24, 2.45) is 0 Å². The van der Waals surface area contributed by atoms with E-state index in [9.17, 15) is 5.48 Å². The van der Waals surface area contributed by atoms with E-state index in [1.165, 1.54) is 21.9 Å². The SMILES string of the molecule is [2H]c1c([2H])c([2H])c(-c2ccc3c(c2)N(c2c(-c4ccccc4)cc(C(C)(C)C)cc2-c2ccccc2)c2cc(-c4cccc5c4c4ccccc4n5-c4ccccc4)cc4c2B3c2ccc(-n3c5ccc(C(C)(C)C)cc5c5cc(C(C)(C)C)ccc53)cc2N4c2cc(-c3ccccc3)cc(-c3ccccc3)c2)c([2H])c1[2H]. The largest absolute Gasteiger partial charge is 0.311 e. The maximum absolute atomic E-state index is 9.74. The third-order valence-electron chi connectivity index (χ3n) is 22.4. The Morgan fingerprint density at radius 3 is 1.30 bits per heavy atom. The summed E-state index contributed by atoms with van der Waals surface area (Å²) in [7, 11) is 0. The van der Waals surface area contributed by atoms with Crippen LogP contribution in [0, 0.1) is 0 Å². The maximum Gasteiger partial charge on any atom is 0.252 e. The summed E-state index contributed by atoms with van der Waals surface area (Å²) in [6.07, 6.45) is 0. The number of anilines is 6. The molecule has 0 unspecified atom stereocenters. The Bertz CT molecular complexity index is 6470. The van der Waals surface area contributed by atoms with Gasteiger partial charge in [-0.15, -0.1) is 0 Å². The van der Waals surface area contributed by atoms with Crippen LogP contribution in [0.5, 0.6) is 0 Å². The lowest BCUT2D eigenvalue weighted by Crippen LogP contribution is -2.61. The Morgan fingerprint density at radius 1 is 0.271 bits per heavy atom. The van der Waals surface area contributed by atoms with Gasteiger partial charge in [-0.1, -0.05) is 293 Å². The van der Waals surface area contributed by atoms with Gasteiger partial charge in [0.05, 0.1) is 34.6 Å². The molecule has 0 N–H and O–H groups in total. The van der Waals surface area contributed by atoms with Crippen LogP contribution in [0.1, 0.15) is 85.9 Å². The highest BCUT2D eigenvalue weighted by molar-refractivity contribution is 7.00. The van der Waals surface area contributed by atoms with E-state index in [4.69, 9.17) is 1.37 Å². The molecule has 19 rings (SSSR count). The van der Waals surface area contributed by atoms with Crippen molar-refractivity contribution in [1.82, 2.24) is 9.13 Å². The summed E-state index contributed by atoms with van der Waals surface area (Å²) in [6, 6.07) is 112. The molecule has 2 aromatic heterocycles. The standard InChI is InChI=1S/C102H83BN4/c1-100(2,3)75-48-53-90-85(61-75)86-62-76(101(4,5)6)49-54-91(86)105(90)79-50-52-88-94(65-79)106(80-56-72(67-33-18-11-19-34-67)55-73(57-80)68-35-20-12-21-36-68)95-59-74(81-44-30-46-92-97(81)82-43-28-29-45-89(82)104(92)78-41-26-15-27-42-78)60-96-98(95)103(88)87-51-47-71(66-31-16-10-17-32-66)58-93(87)107(96)99-83(69-37-22-13-23-38-69)63-77(102(7,8)9)64-84(99)70-39-24-14-25-40-70/h10-65H,1-9H3/i10D,16D,17D,31D,32D. The molecule has 0 saturated carbocycles. The number of benzene rings is 15. The summed E-state index contributed by atoms with van der Waals surface area (Å²) < 4.78 is 51.7. The normalized spacial score (nSPS) is 13.5. The first-order valence-corrected chi connectivity index (χ1v) is 37.4. The number of rotatable bonds is 10. The minimum Gasteiger partial charge on any atom is -0.311 e. The molecule has 17 aromatic rings. The number of fused-ring (bicyclic) bond motifs is 10. The summed E-state index contributed by atoms with van der Waals surface area (Å²) >= 11 is 0. The second kappa shape index (κ2) is 25.1. The zero-order valence-electron chi connectivity index (χ0n) is 66.8.